The molecule has 0 radical (unpaired) electrons. The number of amides is 2. The van der Waals surface area contributed by atoms with E-state index in [9.17, 15) is 14.4 Å². The molecule has 0 saturated heterocycles. The van der Waals surface area contributed by atoms with Gasteiger partial charge in [0.25, 0.3) is 0 Å². The summed E-state index contributed by atoms with van der Waals surface area (Å²) in [4.78, 5) is 40.9. The molecular weight excluding hydrogens is 372 g/mol. The Balaban J connectivity index is 2.22. The third-order valence-electron chi connectivity index (χ3n) is 4.30. The van der Waals surface area contributed by atoms with Gasteiger partial charge in [0, 0.05) is 19.5 Å². The van der Waals surface area contributed by atoms with E-state index in [0.29, 0.717) is 6.42 Å². The first-order valence-corrected chi connectivity index (χ1v) is 9.84. The summed E-state index contributed by atoms with van der Waals surface area (Å²) < 4.78 is 10.6. The van der Waals surface area contributed by atoms with Crippen molar-refractivity contribution >= 4 is 18.0 Å². The molecule has 1 aromatic rings. The first-order chi connectivity index (χ1) is 13.7. The minimum Gasteiger partial charge on any atom is -0.464 e. The maximum atomic E-state index is 13.0. The van der Waals surface area contributed by atoms with E-state index in [2.05, 4.69) is 0 Å². The molecule has 0 unspecified atom stereocenters. The van der Waals surface area contributed by atoms with E-state index in [1.54, 1.807) is 39.8 Å². The standard InChI is InChI=1S/C22H30N2O5/c1-5-28-20(26)18(15-17-11-7-6-8-12-17)24-14-10-9-13-23(16-19(24)25)21(27)29-22(2,3)4/h6-12,18H,5,13-16H2,1-4H3/b10-9-/t18-/m0/s1. The molecular formula is C22H30N2O5. The Labute approximate surface area is 172 Å². The molecule has 7 heteroatoms. The van der Waals surface area contributed by atoms with Crippen molar-refractivity contribution in [3.05, 3.63) is 48.0 Å². The van der Waals surface area contributed by atoms with Gasteiger partial charge in [-0.1, -0.05) is 42.5 Å². The summed E-state index contributed by atoms with van der Waals surface area (Å²) in [5.41, 5.74) is 0.264. The number of hydrogen-bond donors (Lipinski definition) is 0. The number of ether oxygens (including phenoxy) is 2. The normalized spacial score (nSPS) is 17.2. The van der Waals surface area contributed by atoms with Gasteiger partial charge in [0.15, 0.2) is 0 Å². The van der Waals surface area contributed by atoms with Gasteiger partial charge in [-0.2, -0.15) is 0 Å². The zero-order valence-electron chi connectivity index (χ0n) is 17.6. The van der Waals surface area contributed by atoms with Crippen molar-refractivity contribution in [2.24, 2.45) is 0 Å². The second-order valence-corrected chi connectivity index (χ2v) is 7.84. The van der Waals surface area contributed by atoms with E-state index in [0.717, 1.165) is 5.56 Å². The molecule has 29 heavy (non-hydrogen) atoms. The summed E-state index contributed by atoms with van der Waals surface area (Å²) >= 11 is 0. The average Bonchev–Trinajstić information content (AvgIpc) is 2.63. The van der Waals surface area contributed by atoms with Gasteiger partial charge < -0.3 is 14.4 Å². The molecule has 2 rings (SSSR count). The van der Waals surface area contributed by atoms with Gasteiger partial charge in [0.05, 0.1) is 6.61 Å². The molecule has 0 fully saturated rings. The van der Waals surface area contributed by atoms with E-state index in [1.807, 2.05) is 30.3 Å². The Hall–Kier alpha value is -2.83. The second-order valence-electron chi connectivity index (χ2n) is 7.84. The molecule has 2 amide bonds. The van der Waals surface area contributed by atoms with Crippen molar-refractivity contribution in [1.82, 2.24) is 9.80 Å². The number of benzene rings is 1. The first-order valence-electron chi connectivity index (χ1n) is 9.84. The zero-order chi connectivity index (χ0) is 21.4. The highest BCUT2D eigenvalue weighted by atomic mass is 16.6. The van der Waals surface area contributed by atoms with Gasteiger partial charge in [-0.05, 0) is 33.3 Å². The van der Waals surface area contributed by atoms with Crippen molar-refractivity contribution in [2.75, 3.05) is 26.2 Å². The number of rotatable bonds is 5. The van der Waals surface area contributed by atoms with E-state index in [-0.39, 0.29) is 32.1 Å². The highest BCUT2D eigenvalue weighted by molar-refractivity contribution is 5.88. The van der Waals surface area contributed by atoms with E-state index >= 15 is 0 Å². The molecule has 158 valence electrons. The molecule has 0 bridgehead atoms. The fourth-order valence-corrected chi connectivity index (χ4v) is 2.97. The maximum absolute atomic E-state index is 13.0. The largest absolute Gasteiger partial charge is 0.464 e. The van der Waals surface area contributed by atoms with Gasteiger partial charge in [-0.25, -0.2) is 9.59 Å². The van der Waals surface area contributed by atoms with Crippen LogP contribution in [0, 0.1) is 0 Å². The molecule has 1 aliphatic heterocycles. The minimum atomic E-state index is -0.770. The van der Waals surface area contributed by atoms with Crippen LogP contribution in [0.3, 0.4) is 0 Å². The quantitative estimate of drug-likeness (QED) is 0.559. The second kappa shape index (κ2) is 10.1. The van der Waals surface area contributed by atoms with Crippen LogP contribution in [-0.4, -0.2) is 65.7 Å². The van der Waals surface area contributed by atoms with Gasteiger partial charge in [0.1, 0.15) is 18.2 Å². The molecule has 0 aromatic heterocycles. The van der Waals surface area contributed by atoms with Crippen molar-refractivity contribution in [2.45, 2.75) is 45.8 Å². The highest BCUT2D eigenvalue weighted by Gasteiger charge is 2.33. The SMILES string of the molecule is CCOC(=O)[C@H](Cc1ccccc1)N1C/C=C\CN(C(=O)OC(C)(C)C)CC1=O. The molecule has 0 spiro atoms. The minimum absolute atomic E-state index is 0.163. The number of esters is 1. The number of nitrogens with zero attached hydrogens (tertiary/aromatic N) is 2. The molecule has 1 atom stereocenters. The molecule has 0 saturated carbocycles. The van der Waals surface area contributed by atoms with Crippen LogP contribution in [-0.2, 0) is 25.5 Å². The van der Waals surface area contributed by atoms with Crippen LogP contribution in [0.25, 0.3) is 0 Å². The van der Waals surface area contributed by atoms with Gasteiger partial charge >= 0.3 is 12.1 Å². The fourth-order valence-electron chi connectivity index (χ4n) is 2.97. The Morgan fingerprint density at radius 1 is 1.10 bits per heavy atom. The summed E-state index contributed by atoms with van der Waals surface area (Å²) in [6.07, 6.45) is 3.36. The van der Waals surface area contributed by atoms with Crippen LogP contribution in [0.4, 0.5) is 4.79 Å². The van der Waals surface area contributed by atoms with Gasteiger partial charge in [-0.15, -0.1) is 0 Å². The van der Waals surface area contributed by atoms with Crippen LogP contribution in [0.15, 0.2) is 42.5 Å². The van der Waals surface area contributed by atoms with Crippen molar-refractivity contribution in [3.63, 3.8) is 0 Å². The molecule has 1 aliphatic rings. The van der Waals surface area contributed by atoms with E-state index in [1.165, 1.54) is 9.80 Å². The van der Waals surface area contributed by atoms with Crippen LogP contribution < -0.4 is 0 Å². The van der Waals surface area contributed by atoms with Crippen molar-refractivity contribution in [3.8, 4) is 0 Å². The predicted molar refractivity (Wildman–Crippen MR) is 109 cm³/mol. The maximum Gasteiger partial charge on any atom is 0.411 e. The third-order valence-corrected chi connectivity index (χ3v) is 4.30. The molecule has 7 nitrogen and oxygen atoms in total. The average molecular weight is 402 g/mol. The third kappa shape index (κ3) is 6.93. The summed E-state index contributed by atoms with van der Waals surface area (Å²) in [7, 11) is 0. The van der Waals surface area contributed by atoms with Crippen molar-refractivity contribution < 1.29 is 23.9 Å². The van der Waals surface area contributed by atoms with Crippen LogP contribution in [0.2, 0.25) is 0 Å². The molecule has 0 aliphatic carbocycles. The number of carbonyl (C=O) groups is 3. The van der Waals surface area contributed by atoms with Crippen LogP contribution in [0.5, 0.6) is 0 Å². The molecule has 1 heterocycles. The smallest absolute Gasteiger partial charge is 0.411 e. The van der Waals surface area contributed by atoms with Crippen LogP contribution in [0.1, 0.15) is 33.3 Å². The summed E-state index contributed by atoms with van der Waals surface area (Å²) in [6.45, 7) is 7.67. The molecule has 0 N–H and O–H groups in total. The monoisotopic (exact) mass is 402 g/mol. The summed E-state index contributed by atoms with van der Waals surface area (Å²) in [5, 5.41) is 0. The lowest BCUT2D eigenvalue weighted by Crippen LogP contribution is -2.52. The Bertz CT molecular complexity index is 739. The van der Waals surface area contributed by atoms with Crippen molar-refractivity contribution in [1.29, 1.82) is 0 Å². The highest BCUT2D eigenvalue weighted by Crippen LogP contribution is 2.15. The van der Waals surface area contributed by atoms with Gasteiger partial charge in [0.2, 0.25) is 5.91 Å². The Kier molecular flexibility index (Phi) is 7.82. The lowest BCUT2D eigenvalue weighted by molar-refractivity contribution is -0.154. The summed E-state index contributed by atoms with van der Waals surface area (Å²) in [5.74, 6) is -0.781. The lowest BCUT2D eigenvalue weighted by atomic mass is 10.0. The lowest BCUT2D eigenvalue weighted by Gasteiger charge is -2.33. The topological polar surface area (TPSA) is 76.2 Å². The molecule has 1 aromatic carbocycles. The summed E-state index contributed by atoms with van der Waals surface area (Å²) in [6, 6.07) is 8.71. The Morgan fingerprint density at radius 3 is 2.38 bits per heavy atom. The zero-order valence-corrected chi connectivity index (χ0v) is 17.6. The number of hydrogen-bond acceptors (Lipinski definition) is 5. The number of carbonyl (C=O) groups excluding carboxylic acids is 3. The Morgan fingerprint density at radius 2 is 1.76 bits per heavy atom. The van der Waals surface area contributed by atoms with E-state index in [4.69, 9.17) is 9.47 Å². The van der Waals surface area contributed by atoms with Crippen LogP contribution >= 0.6 is 0 Å². The predicted octanol–water partition coefficient (Wildman–Crippen LogP) is 2.80. The first kappa shape index (κ1) is 22.5. The van der Waals surface area contributed by atoms with E-state index < -0.39 is 23.7 Å². The fraction of sp³-hybridized carbons (Fsp3) is 0.500. The van der Waals surface area contributed by atoms with Gasteiger partial charge in [-0.3, -0.25) is 9.69 Å².